The first-order chi connectivity index (χ1) is 14.1. The topological polar surface area (TPSA) is 81.6 Å². The van der Waals surface area contributed by atoms with Crippen LogP contribution in [0.1, 0.15) is 36.9 Å². The molecule has 1 aromatic carbocycles. The van der Waals surface area contributed by atoms with Crippen molar-refractivity contribution in [2.75, 3.05) is 18.8 Å². The molecular weight excluding hydrogens is 360 g/mol. The van der Waals surface area contributed by atoms with Gasteiger partial charge in [0.05, 0.1) is 5.56 Å². The largest absolute Gasteiger partial charge is 0.383 e. The van der Waals surface area contributed by atoms with Gasteiger partial charge in [0.25, 0.3) is 0 Å². The normalized spacial score (nSPS) is 14.4. The fourth-order valence-corrected chi connectivity index (χ4v) is 3.75. The second kappa shape index (κ2) is 6.97. The molecule has 4 aromatic rings. The predicted octanol–water partition coefficient (Wildman–Crippen LogP) is 3.87. The summed E-state index contributed by atoms with van der Waals surface area (Å²) in [6.07, 6.45) is 1.70. The molecule has 0 amide bonds. The smallest absolute Gasteiger partial charge is 0.165 e. The molecule has 1 fully saturated rings. The average molecular weight is 384 g/mol. The van der Waals surface area contributed by atoms with Crippen molar-refractivity contribution in [1.29, 1.82) is 0 Å². The third-order valence-corrected chi connectivity index (χ3v) is 5.60. The molecule has 0 saturated carbocycles. The van der Waals surface area contributed by atoms with Crippen molar-refractivity contribution in [3.05, 3.63) is 66.0 Å². The molecule has 3 N–H and O–H groups in total. The van der Waals surface area contributed by atoms with Crippen LogP contribution in [0.4, 0.5) is 5.82 Å². The van der Waals surface area contributed by atoms with E-state index >= 15 is 0 Å². The minimum absolute atomic E-state index is 0.336. The van der Waals surface area contributed by atoms with E-state index in [9.17, 15) is 0 Å². The lowest BCUT2D eigenvalue weighted by molar-refractivity contribution is 0.448. The zero-order chi connectivity index (χ0) is 20.0. The average Bonchev–Trinajstić information content (AvgIpc) is 3.06. The van der Waals surface area contributed by atoms with Crippen LogP contribution in [0, 0.1) is 0 Å². The number of imidazole rings is 1. The minimum atomic E-state index is 0.336. The number of nitrogens with two attached hydrogens (primary N) is 1. The van der Waals surface area contributed by atoms with E-state index < -0.39 is 0 Å². The van der Waals surface area contributed by atoms with Gasteiger partial charge in [-0.15, -0.1) is 0 Å². The predicted molar refractivity (Wildman–Crippen MR) is 116 cm³/mol. The van der Waals surface area contributed by atoms with Gasteiger partial charge in [-0.1, -0.05) is 26.0 Å². The number of rotatable bonds is 4. The molecule has 1 aliphatic heterocycles. The lowest BCUT2D eigenvalue weighted by Crippen LogP contribution is -2.39. The maximum absolute atomic E-state index is 6.20. The maximum Gasteiger partial charge on any atom is 0.165 e. The summed E-state index contributed by atoms with van der Waals surface area (Å²) in [5.41, 5.74) is 12.1. The number of aromatic nitrogens is 4. The number of fused-ring (bicyclic) bond motifs is 1. The zero-order valence-electron chi connectivity index (χ0n) is 16.6. The Morgan fingerprint density at radius 1 is 1.03 bits per heavy atom. The zero-order valence-corrected chi connectivity index (χ0v) is 16.6. The molecule has 6 heteroatoms. The van der Waals surface area contributed by atoms with Crippen LogP contribution < -0.4 is 11.1 Å². The first-order valence-corrected chi connectivity index (χ1v) is 10.0. The van der Waals surface area contributed by atoms with Crippen LogP contribution in [0.5, 0.6) is 0 Å². The van der Waals surface area contributed by atoms with Crippen molar-refractivity contribution >= 4 is 17.0 Å². The highest BCUT2D eigenvalue weighted by atomic mass is 15.1. The van der Waals surface area contributed by atoms with Gasteiger partial charge in [0, 0.05) is 36.6 Å². The molecule has 1 saturated heterocycles. The van der Waals surface area contributed by atoms with E-state index in [1.54, 1.807) is 6.20 Å². The first-order valence-electron chi connectivity index (χ1n) is 10.0. The Balaban J connectivity index is 1.73. The van der Waals surface area contributed by atoms with E-state index in [2.05, 4.69) is 53.0 Å². The van der Waals surface area contributed by atoms with Crippen LogP contribution in [-0.2, 0) is 0 Å². The van der Waals surface area contributed by atoms with Crippen molar-refractivity contribution in [3.63, 3.8) is 0 Å². The molecule has 6 nitrogen and oxygen atoms in total. The van der Waals surface area contributed by atoms with Gasteiger partial charge in [0.2, 0.25) is 0 Å². The molecule has 0 radical (unpaired) electrons. The third kappa shape index (κ3) is 3.06. The van der Waals surface area contributed by atoms with Crippen molar-refractivity contribution in [2.24, 2.45) is 0 Å². The number of nitrogens with zero attached hydrogens (tertiary/aromatic N) is 4. The summed E-state index contributed by atoms with van der Waals surface area (Å²) < 4.78 is 2.09. The molecule has 29 heavy (non-hydrogen) atoms. The standard InChI is InChI=1S/C23H24N6/c1-14(2)19-9-10-20-23(27-19)29(22(28-20)18-4-3-11-26-21(18)24)17-7-5-15(6-8-17)16-12-25-13-16/h3-11,14,16,25H,12-13H2,1-2H3,(H2,24,26). The Kier molecular flexibility index (Phi) is 4.28. The van der Waals surface area contributed by atoms with Crippen molar-refractivity contribution in [1.82, 2.24) is 24.8 Å². The molecule has 0 unspecified atom stereocenters. The maximum atomic E-state index is 6.20. The molecule has 3 aromatic heterocycles. The number of hydrogen-bond acceptors (Lipinski definition) is 5. The van der Waals surface area contributed by atoms with Gasteiger partial charge in [0.15, 0.2) is 11.5 Å². The molecule has 0 aliphatic carbocycles. The van der Waals surface area contributed by atoms with E-state index in [-0.39, 0.29) is 0 Å². The lowest BCUT2D eigenvalue weighted by Gasteiger charge is -2.27. The molecule has 0 atom stereocenters. The number of benzene rings is 1. The number of anilines is 1. The van der Waals surface area contributed by atoms with Crippen molar-refractivity contribution < 1.29 is 0 Å². The van der Waals surface area contributed by atoms with Crippen LogP contribution in [0.15, 0.2) is 54.7 Å². The van der Waals surface area contributed by atoms with Gasteiger partial charge in [-0.05, 0) is 47.9 Å². The van der Waals surface area contributed by atoms with Gasteiger partial charge >= 0.3 is 0 Å². The summed E-state index contributed by atoms with van der Waals surface area (Å²) in [5.74, 6) is 2.16. The quantitative estimate of drug-likeness (QED) is 0.558. The molecule has 5 rings (SSSR count). The van der Waals surface area contributed by atoms with Crippen molar-refractivity contribution in [3.8, 4) is 17.1 Å². The van der Waals surface area contributed by atoms with E-state index in [0.717, 1.165) is 47.0 Å². The van der Waals surface area contributed by atoms with Gasteiger partial charge < -0.3 is 11.1 Å². The molecule has 146 valence electrons. The highest BCUT2D eigenvalue weighted by molar-refractivity contribution is 5.82. The lowest BCUT2D eigenvalue weighted by atomic mass is 9.94. The van der Waals surface area contributed by atoms with Crippen LogP contribution in [0.3, 0.4) is 0 Å². The van der Waals surface area contributed by atoms with Gasteiger partial charge in [-0.3, -0.25) is 4.57 Å². The number of pyridine rings is 2. The summed E-state index contributed by atoms with van der Waals surface area (Å²) in [5, 5.41) is 3.33. The van der Waals surface area contributed by atoms with E-state index in [0.29, 0.717) is 17.7 Å². The monoisotopic (exact) mass is 384 g/mol. The highest BCUT2D eigenvalue weighted by Gasteiger charge is 2.21. The summed E-state index contributed by atoms with van der Waals surface area (Å²) >= 11 is 0. The molecule has 4 heterocycles. The Labute approximate surface area is 169 Å². The van der Waals surface area contributed by atoms with Gasteiger partial charge in [-0.25, -0.2) is 15.0 Å². The highest BCUT2D eigenvalue weighted by Crippen LogP contribution is 2.31. The van der Waals surface area contributed by atoms with Crippen LogP contribution in [0.2, 0.25) is 0 Å². The molecule has 0 spiro atoms. The Bertz CT molecular complexity index is 1170. The molecule has 0 bridgehead atoms. The van der Waals surface area contributed by atoms with E-state index in [4.69, 9.17) is 15.7 Å². The fourth-order valence-electron chi connectivity index (χ4n) is 3.75. The number of hydrogen-bond donors (Lipinski definition) is 2. The summed E-state index contributed by atoms with van der Waals surface area (Å²) in [6, 6.07) is 16.6. The van der Waals surface area contributed by atoms with E-state index in [1.165, 1.54) is 5.56 Å². The third-order valence-electron chi connectivity index (χ3n) is 5.60. The van der Waals surface area contributed by atoms with Gasteiger partial charge in [0.1, 0.15) is 11.3 Å². The fraction of sp³-hybridized carbons (Fsp3) is 0.261. The van der Waals surface area contributed by atoms with Crippen LogP contribution in [-0.4, -0.2) is 32.6 Å². The van der Waals surface area contributed by atoms with Crippen molar-refractivity contribution in [2.45, 2.75) is 25.7 Å². The Morgan fingerprint density at radius 2 is 1.83 bits per heavy atom. The Morgan fingerprint density at radius 3 is 2.48 bits per heavy atom. The van der Waals surface area contributed by atoms with E-state index in [1.807, 2.05) is 24.3 Å². The Hall–Kier alpha value is -3.25. The summed E-state index contributed by atoms with van der Waals surface area (Å²) in [6.45, 7) is 6.39. The van der Waals surface area contributed by atoms with Crippen LogP contribution >= 0.6 is 0 Å². The molecule has 1 aliphatic rings. The first kappa shape index (κ1) is 17.8. The SMILES string of the molecule is CC(C)c1ccc2nc(-c3cccnc3N)n(-c3ccc(C4CNC4)cc3)c2n1. The summed E-state index contributed by atoms with van der Waals surface area (Å²) in [4.78, 5) is 14.1. The summed E-state index contributed by atoms with van der Waals surface area (Å²) in [7, 11) is 0. The number of nitrogen functional groups attached to an aromatic ring is 1. The van der Waals surface area contributed by atoms with Gasteiger partial charge in [-0.2, -0.15) is 0 Å². The minimum Gasteiger partial charge on any atom is -0.383 e. The number of nitrogens with one attached hydrogen (secondary N) is 1. The second-order valence-electron chi connectivity index (χ2n) is 7.89. The molecular formula is C23H24N6. The second-order valence-corrected chi connectivity index (χ2v) is 7.89. The van der Waals surface area contributed by atoms with Crippen LogP contribution in [0.25, 0.3) is 28.2 Å².